The van der Waals surface area contributed by atoms with Crippen LogP contribution in [0.2, 0.25) is 0 Å². The Hall–Kier alpha value is -3.02. The van der Waals surface area contributed by atoms with Crippen molar-refractivity contribution in [2.45, 2.75) is 26.3 Å². The number of hydrogen-bond acceptors (Lipinski definition) is 3. The van der Waals surface area contributed by atoms with Crippen LogP contribution < -0.4 is 20.3 Å². The number of benzene rings is 2. The minimum Gasteiger partial charge on any atom is -0.497 e. The van der Waals surface area contributed by atoms with E-state index in [1.807, 2.05) is 38.1 Å². The van der Waals surface area contributed by atoms with Gasteiger partial charge in [0.05, 0.1) is 7.11 Å². The summed E-state index contributed by atoms with van der Waals surface area (Å²) in [6, 6.07) is 13.9. The summed E-state index contributed by atoms with van der Waals surface area (Å²) in [5, 5.41) is 5.60. The summed E-state index contributed by atoms with van der Waals surface area (Å²) < 4.78 is 5.11. The van der Waals surface area contributed by atoms with Crippen molar-refractivity contribution < 1.29 is 14.3 Å². The van der Waals surface area contributed by atoms with Gasteiger partial charge in [0.15, 0.2) is 0 Å². The van der Waals surface area contributed by atoms with Crippen LogP contribution in [0.3, 0.4) is 0 Å². The number of ether oxygens (including phenoxy) is 1. The molecule has 1 aliphatic rings. The van der Waals surface area contributed by atoms with Crippen molar-refractivity contribution in [2.75, 3.05) is 23.9 Å². The molecule has 3 amide bonds. The molecule has 0 aliphatic carbocycles. The molecule has 0 saturated heterocycles. The van der Waals surface area contributed by atoms with E-state index in [2.05, 4.69) is 10.6 Å². The maximum Gasteiger partial charge on any atom is 0.319 e. The molecule has 0 spiro atoms. The zero-order chi connectivity index (χ0) is 19.4. The van der Waals surface area contributed by atoms with Crippen LogP contribution in [-0.2, 0) is 11.2 Å². The van der Waals surface area contributed by atoms with E-state index < -0.39 is 12.1 Å². The van der Waals surface area contributed by atoms with Crippen molar-refractivity contribution in [3.8, 4) is 5.75 Å². The Balaban J connectivity index is 1.68. The lowest BCUT2D eigenvalue weighted by Crippen LogP contribution is -2.52. The first-order valence-electron chi connectivity index (χ1n) is 9.10. The topological polar surface area (TPSA) is 70.7 Å². The summed E-state index contributed by atoms with van der Waals surface area (Å²) in [5.74, 6) is 0.593. The molecule has 27 heavy (non-hydrogen) atoms. The quantitative estimate of drug-likeness (QED) is 0.851. The third-order valence-corrected chi connectivity index (χ3v) is 4.72. The lowest BCUT2D eigenvalue weighted by molar-refractivity contribution is -0.121. The Labute approximate surface area is 159 Å². The highest BCUT2D eigenvalue weighted by atomic mass is 16.5. The van der Waals surface area contributed by atoms with E-state index in [4.69, 9.17) is 4.74 Å². The number of nitrogens with one attached hydrogen (secondary N) is 2. The Bertz CT molecular complexity index is 818. The van der Waals surface area contributed by atoms with Crippen LogP contribution in [0, 0.1) is 5.92 Å². The Morgan fingerprint density at radius 1 is 1.07 bits per heavy atom. The van der Waals surface area contributed by atoms with Crippen LogP contribution in [0.15, 0.2) is 48.5 Å². The first-order chi connectivity index (χ1) is 13.0. The second kappa shape index (κ2) is 8.12. The smallest absolute Gasteiger partial charge is 0.319 e. The average molecular weight is 367 g/mol. The first-order valence-corrected chi connectivity index (χ1v) is 9.10. The van der Waals surface area contributed by atoms with E-state index >= 15 is 0 Å². The summed E-state index contributed by atoms with van der Waals surface area (Å²) in [6.07, 6.45) is 0.838. The van der Waals surface area contributed by atoms with Crippen LogP contribution in [0.5, 0.6) is 5.75 Å². The van der Waals surface area contributed by atoms with E-state index in [0.29, 0.717) is 18.0 Å². The van der Waals surface area contributed by atoms with Gasteiger partial charge in [0.25, 0.3) is 0 Å². The van der Waals surface area contributed by atoms with E-state index in [9.17, 15) is 9.59 Å². The van der Waals surface area contributed by atoms with Gasteiger partial charge in [0, 0.05) is 17.9 Å². The van der Waals surface area contributed by atoms with E-state index in [1.165, 1.54) is 0 Å². The monoisotopic (exact) mass is 367 g/mol. The molecule has 2 N–H and O–H groups in total. The minimum absolute atomic E-state index is 0.0353. The molecule has 1 aliphatic heterocycles. The number of carbonyl (C=O) groups excluding carboxylic acids is 2. The number of urea groups is 1. The highest BCUT2D eigenvalue weighted by Gasteiger charge is 2.32. The van der Waals surface area contributed by atoms with Crippen LogP contribution in [0.1, 0.15) is 19.4 Å². The van der Waals surface area contributed by atoms with E-state index in [1.54, 1.807) is 36.3 Å². The highest BCUT2D eigenvalue weighted by Crippen LogP contribution is 2.28. The number of hydrogen-bond donors (Lipinski definition) is 2. The maximum atomic E-state index is 13.1. The first kappa shape index (κ1) is 18.8. The molecule has 1 heterocycles. The van der Waals surface area contributed by atoms with Gasteiger partial charge in [-0.1, -0.05) is 32.0 Å². The molecule has 6 nitrogen and oxygen atoms in total. The SMILES string of the molecule is COc1ccc(NC(=O)N[C@H](C(=O)N2CCc3ccccc32)C(C)C)cc1. The number of anilines is 2. The van der Waals surface area contributed by atoms with Crippen molar-refractivity contribution in [3.63, 3.8) is 0 Å². The van der Waals surface area contributed by atoms with Gasteiger partial charge in [-0.3, -0.25) is 4.79 Å². The number of nitrogens with zero attached hydrogens (tertiary/aromatic N) is 1. The summed E-state index contributed by atoms with van der Waals surface area (Å²) in [7, 11) is 1.59. The Morgan fingerprint density at radius 2 is 1.78 bits per heavy atom. The Kier molecular flexibility index (Phi) is 5.64. The normalized spacial score (nSPS) is 13.9. The standard InChI is InChI=1S/C21H25N3O3/c1-14(2)19(20(25)24-13-12-15-6-4-5-7-18(15)24)23-21(26)22-16-8-10-17(27-3)11-9-16/h4-11,14,19H,12-13H2,1-3H3,(H2,22,23,26)/t19-/m0/s1. The predicted molar refractivity (Wildman–Crippen MR) is 106 cm³/mol. The molecule has 0 unspecified atom stereocenters. The number of carbonyl (C=O) groups is 2. The van der Waals surface area contributed by atoms with Crippen LogP contribution in [0.4, 0.5) is 16.2 Å². The van der Waals surface area contributed by atoms with Gasteiger partial charge in [-0.15, -0.1) is 0 Å². The third kappa shape index (κ3) is 4.22. The molecule has 2 aromatic carbocycles. The van der Waals surface area contributed by atoms with Crippen LogP contribution in [-0.4, -0.2) is 31.6 Å². The molecule has 0 radical (unpaired) electrons. The van der Waals surface area contributed by atoms with Gasteiger partial charge < -0.3 is 20.3 Å². The Morgan fingerprint density at radius 3 is 2.44 bits per heavy atom. The molecule has 2 aromatic rings. The molecular formula is C21H25N3O3. The van der Waals surface area contributed by atoms with Crippen LogP contribution >= 0.6 is 0 Å². The van der Waals surface area contributed by atoms with Crippen LogP contribution in [0.25, 0.3) is 0 Å². The molecule has 0 aromatic heterocycles. The van der Waals surface area contributed by atoms with Crippen molar-refractivity contribution in [1.29, 1.82) is 0 Å². The van der Waals surface area contributed by atoms with Crippen molar-refractivity contribution >= 4 is 23.3 Å². The van der Waals surface area contributed by atoms with Gasteiger partial charge in [0.1, 0.15) is 11.8 Å². The summed E-state index contributed by atoms with van der Waals surface area (Å²) in [6.45, 7) is 4.50. The zero-order valence-corrected chi connectivity index (χ0v) is 15.9. The molecule has 3 rings (SSSR count). The summed E-state index contributed by atoms with van der Waals surface area (Å²) in [4.78, 5) is 27.3. The van der Waals surface area contributed by atoms with Crippen molar-refractivity contribution in [3.05, 3.63) is 54.1 Å². The largest absolute Gasteiger partial charge is 0.497 e. The van der Waals surface area contributed by atoms with Gasteiger partial charge in [-0.25, -0.2) is 4.79 Å². The number of fused-ring (bicyclic) bond motifs is 1. The molecule has 0 saturated carbocycles. The minimum atomic E-state index is -0.602. The fourth-order valence-electron chi connectivity index (χ4n) is 3.23. The summed E-state index contributed by atoms with van der Waals surface area (Å²) in [5.41, 5.74) is 2.73. The van der Waals surface area contributed by atoms with Gasteiger partial charge in [-0.05, 0) is 48.2 Å². The van der Waals surface area contributed by atoms with Crippen molar-refractivity contribution in [1.82, 2.24) is 5.32 Å². The fourth-order valence-corrected chi connectivity index (χ4v) is 3.23. The maximum absolute atomic E-state index is 13.1. The van der Waals surface area contributed by atoms with E-state index in [-0.39, 0.29) is 11.8 Å². The molecular weight excluding hydrogens is 342 g/mol. The van der Waals surface area contributed by atoms with Gasteiger partial charge >= 0.3 is 6.03 Å². The van der Waals surface area contributed by atoms with Gasteiger partial charge in [0.2, 0.25) is 5.91 Å². The summed E-state index contributed by atoms with van der Waals surface area (Å²) >= 11 is 0. The second-order valence-corrected chi connectivity index (χ2v) is 6.92. The average Bonchev–Trinajstić information content (AvgIpc) is 3.10. The van der Waals surface area contributed by atoms with E-state index in [0.717, 1.165) is 17.7 Å². The molecule has 1 atom stereocenters. The van der Waals surface area contributed by atoms with Crippen molar-refractivity contribution in [2.24, 2.45) is 5.92 Å². The molecule has 142 valence electrons. The number of amides is 3. The number of methoxy groups -OCH3 is 1. The third-order valence-electron chi connectivity index (χ3n) is 4.72. The fraction of sp³-hybridized carbons (Fsp3) is 0.333. The van der Waals surface area contributed by atoms with Gasteiger partial charge in [-0.2, -0.15) is 0 Å². The molecule has 0 fully saturated rings. The molecule has 6 heteroatoms. The molecule has 0 bridgehead atoms. The predicted octanol–water partition coefficient (Wildman–Crippen LogP) is 3.43. The number of rotatable bonds is 5. The lowest BCUT2D eigenvalue weighted by atomic mass is 10.0. The highest BCUT2D eigenvalue weighted by molar-refractivity contribution is 6.02. The second-order valence-electron chi connectivity index (χ2n) is 6.92. The number of para-hydroxylation sites is 1. The lowest BCUT2D eigenvalue weighted by Gasteiger charge is -2.27. The zero-order valence-electron chi connectivity index (χ0n) is 15.9.